The van der Waals surface area contributed by atoms with Gasteiger partial charge in [0.2, 0.25) is 6.20 Å². The van der Waals surface area contributed by atoms with Gasteiger partial charge in [0.1, 0.15) is 5.69 Å². The Balaban J connectivity index is 0.000000531. The first kappa shape index (κ1) is 13.1. The van der Waals surface area contributed by atoms with E-state index in [9.17, 15) is 5.21 Å². The molecule has 3 nitrogen and oxygen atoms in total. The van der Waals surface area contributed by atoms with Crippen molar-refractivity contribution in [3.8, 4) is 0 Å². The highest BCUT2D eigenvalue weighted by Crippen LogP contribution is 2.28. The number of hydrogen-bond donors (Lipinski definition) is 0. The van der Waals surface area contributed by atoms with Gasteiger partial charge in [0.15, 0.2) is 5.69 Å². The van der Waals surface area contributed by atoms with E-state index in [1.54, 1.807) is 6.20 Å². The van der Waals surface area contributed by atoms with Gasteiger partial charge in [-0.05, 0) is 19.4 Å². The van der Waals surface area contributed by atoms with Crippen molar-refractivity contribution in [3.05, 3.63) is 28.2 Å². The number of aromatic nitrogens is 1. The van der Waals surface area contributed by atoms with Gasteiger partial charge in [-0.1, -0.05) is 0 Å². The Labute approximate surface area is 113 Å². The first-order valence-corrected chi connectivity index (χ1v) is 10.8. The van der Waals surface area contributed by atoms with Crippen molar-refractivity contribution >= 4 is 48.6 Å². The minimum absolute atomic E-state index is 0.781. The van der Waals surface area contributed by atoms with Crippen molar-refractivity contribution in [1.82, 2.24) is 0 Å². The summed E-state index contributed by atoms with van der Waals surface area (Å²) in [5, 5.41) is 11.4. The maximum absolute atomic E-state index is 11.4. The summed E-state index contributed by atoms with van der Waals surface area (Å²) >= 11 is 4.24. The summed E-state index contributed by atoms with van der Waals surface area (Å²) in [6.45, 7) is 5.82. The minimum atomic E-state index is 0.781. The average molecular weight is 430 g/mol. The molecule has 5 heteroatoms. The number of halogens is 2. The number of aliphatic imine (C=N–C) groups is 1. The van der Waals surface area contributed by atoms with Crippen molar-refractivity contribution in [3.63, 3.8) is 0 Å². The van der Waals surface area contributed by atoms with Crippen LogP contribution in [0.1, 0.15) is 23.7 Å². The zero-order chi connectivity index (χ0) is 11.6. The zero-order valence-corrected chi connectivity index (χ0v) is 13.2. The maximum Gasteiger partial charge on any atom is 0.206 e. The average Bonchev–Trinajstić information content (AvgIpc) is 2.59. The molecular weight excluding hydrogens is 418 g/mol. The molecule has 0 aromatic carbocycles. The monoisotopic (exact) mass is 430 g/mol. The van der Waals surface area contributed by atoms with E-state index in [2.05, 4.69) is 42.2 Å². The molecule has 1 aromatic heterocycles. The fourth-order valence-electron chi connectivity index (χ4n) is 1.68. The van der Waals surface area contributed by atoms with E-state index in [1.165, 1.54) is 5.56 Å². The van der Waals surface area contributed by atoms with E-state index in [0.717, 1.165) is 33.8 Å². The lowest BCUT2D eigenvalue weighted by Gasteiger charge is -2.06. The largest absolute Gasteiger partial charge is 0.618 e. The van der Waals surface area contributed by atoms with Gasteiger partial charge in [-0.2, -0.15) is 4.73 Å². The molecule has 0 spiro atoms. The van der Waals surface area contributed by atoms with Crippen LogP contribution in [0.3, 0.4) is 0 Å². The van der Waals surface area contributed by atoms with E-state index in [1.807, 2.05) is 20.8 Å². The van der Waals surface area contributed by atoms with Crippen molar-refractivity contribution < 1.29 is 4.73 Å². The Morgan fingerprint density at radius 2 is 1.93 bits per heavy atom. The summed E-state index contributed by atoms with van der Waals surface area (Å²) in [5.74, 6) is 0. The molecule has 0 saturated carbocycles. The van der Waals surface area contributed by atoms with Gasteiger partial charge in [0.25, 0.3) is 0 Å². The molecule has 2 heterocycles. The van der Waals surface area contributed by atoms with Crippen LogP contribution in [0, 0.1) is 19.1 Å². The first-order valence-electron chi connectivity index (χ1n) is 4.50. The maximum atomic E-state index is 11.4. The van der Waals surface area contributed by atoms with Crippen molar-refractivity contribution in [1.29, 1.82) is 0 Å². The molecule has 0 N–H and O–H groups in total. The highest BCUT2D eigenvalue weighted by atomic mass is 128. The summed E-state index contributed by atoms with van der Waals surface area (Å²) in [6, 6.07) is 0. The van der Waals surface area contributed by atoms with Crippen LogP contribution >= 0.6 is 37.2 Å². The molecule has 2 rings (SSSR count). The molecule has 1 aliphatic heterocycles. The summed E-state index contributed by atoms with van der Waals surface area (Å²) in [4.78, 5) is 4.31. The van der Waals surface area contributed by atoms with Crippen molar-refractivity contribution in [2.24, 2.45) is 4.99 Å². The lowest BCUT2D eigenvalue weighted by molar-refractivity contribution is -0.612. The molecule has 0 radical (unpaired) electrons. The van der Waals surface area contributed by atoms with Gasteiger partial charge in [-0.3, -0.25) is 4.99 Å². The molecule has 1 aromatic rings. The molecule has 0 atom stereocenters. The lowest BCUT2D eigenvalue weighted by atomic mass is 10.0. The van der Waals surface area contributed by atoms with E-state index < -0.39 is 0 Å². The molecule has 0 aliphatic carbocycles. The smallest absolute Gasteiger partial charge is 0.206 e. The van der Waals surface area contributed by atoms with Gasteiger partial charge in [0.05, 0.1) is 0 Å². The van der Waals surface area contributed by atoms with E-state index in [4.69, 9.17) is 0 Å². The summed E-state index contributed by atoms with van der Waals surface area (Å²) in [7, 11) is 0. The van der Waals surface area contributed by atoms with Gasteiger partial charge >= 0.3 is 0 Å². The molecular formula is C10H12I2N2O. The van der Waals surface area contributed by atoms with Gasteiger partial charge in [-0.15, -0.1) is 0 Å². The van der Waals surface area contributed by atoms with Crippen LogP contribution in [-0.2, 0) is 6.42 Å². The Morgan fingerprint density at radius 1 is 1.33 bits per heavy atom. The normalized spacial score (nSPS) is 12.7. The fourth-order valence-corrected chi connectivity index (χ4v) is 1.68. The van der Waals surface area contributed by atoms with Crippen LogP contribution in [0.5, 0.6) is 0 Å². The minimum Gasteiger partial charge on any atom is -0.618 e. The van der Waals surface area contributed by atoms with Gasteiger partial charge < -0.3 is 5.21 Å². The third kappa shape index (κ3) is 2.61. The van der Waals surface area contributed by atoms with Crippen molar-refractivity contribution in [2.75, 3.05) is 0 Å². The predicted molar refractivity (Wildman–Crippen MR) is 79.4 cm³/mol. The first-order chi connectivity index (χ1) is 7.09. The highest BCUT2D eigenvalue weighted by molar-refractivity contribution is 15.0. The number of fused-ring (bicyclic) bond motifs is 1. The standard InChI is InChI=1S/C10H12N2O.I2/c1-6-4-9-7(2)8(3)12(13)5-10(9)11-6;1-2/h5H,4H2,1-3H3;. The van der Waals surface area contributed by atoms with Crippen LogP contribution < -0.4 is 4.73 Å². The SMILES string of the molecule is CC1=Nc2c[n+]([O-])c(C)c(C)c2C1.II. The molecule has 0 saturated heterocycles. The molecule has 0 unspecified atom stereocenters. The number of nitrogens with zero attached hydrogens (tertiary/aromatic N) is 2. The number of pyridine rings is 1. The second-order valence-electron chi connectivity index (χ2n) is 3.55. The molecule has 1 aliphatic rings. The highest BCUT2D eigenvalue weighted by Gasteiger charge is 2.20. The van der Waals surface area contributed by atoms with Crippen LogP contribution in [0.15, 0.2) is 11.2 Å². The molecule has 82 valence electrons. The Bertz CT molecular complexity index is 416. The van der Waals surface area contributed by atoms with Crippen LogP contribution in [0.25, 0.3) is 0 Å². The Morgan fingerprint density at radius 3 is 2.53 bits per heavy atom. The van der Waals surface area contributed by atoms with Crippen LogP contribution in [0.4, 0.5) is 5.69 Å². The molecule has 0 bridgehead atoms. The third-order valence-electron chi connectivity index (χ3n) is 2.62. The number of rotatable bonds is 0. The van der Waals surface area contributed by atoms with Gasteiger partial charge in [-0.25, -0.2) is 0 Å². The summed E-state index contributed by atoms with van der Waals surface area (Å²) in [5.41, 5.74) is 5.00. The quantitative estimate of drug-likeness (QED) is 0.354. The summed E-state index contributed by atoms with van der Waals surface area (Å²) < 4.78 is 0.899. The lowest BCUT2D eigenvalue weighted by Crippen LogP contribution is -2.30. The topological polar surface area (TPSA) is 39.3 Å². The van der Waals surface area contributed by atoms with Gasteiger partial charge in [0, 0.05) is 61.9 Å². The summed E-state index contributed by atoms with van der Waals surface area (Å²) in [6.07, 6.45) is 2.46. The Hall–Kier alpha value is 0.0800. The van der Waals surface area contributed by atoms with E-state index >= 15 is 0 Å². The fraction of sp³-hybridized carbons (Fsp3) is 0.400. The third-order valence-corrected chi connectivity index (χ3v) is 2.62. The second-order valence-corrected chi connectivity index (χ2v) is 3.55. The molecule has 0 fully saturated rings. The number of hydrogen-bond acceptors (Lipinski definition) is 2. The molecule has 15 heavy (non-hydrogen) atoms. The Kier molecular flexibility index (Phi) is 4.75. The zero-order valence-electron chi connectivity index (χ0n) is 8.84. The van der Waals surface area contributed by atoms with E-state index in [-0.39, 0.29) is 0 Å². The van der Waals surface area contributed by atoms with E-state index in [0.29, 0.717) is 0 Å². The van der Waals surface area contributed by atoms with Crippen LogP contribution in [-0.4, -0.2) is 5.71 Å². The van der Waals surface area contributed by atoms with Crippen molar-refractivity contribution in [2.45, 2.75) is 27.2 Å². The predicted octanol–water partition coefficient (Wildman–Crippen LogP) is 3.36. The van der Waals surface area contributed by atoms with Crippen LogP contribution in [0.2, 0.25) is 0 Å². The molecule has 0 amide bonds. The second kappa shape index (κ2) is 5.42.